The number of amides is 1. The van der Waals surface area contributed by atoms with Gasteiger partial charge >= 0.3 is 0 Å². The van der Waals surface area contributed by atoms with E-state index in [0.29, 0.717) is 16.3 Å². The highest BCUT2D eigenvalue weighted by Crippen LogP contribution is 2.19. The molecule has 1 amide bonds. The molecule has 110 valence electrons. The fraction of sp³-hybridized carbons (Fsp3) is 0.250. The Balaban J connectivity index is 2.12. The van der Waals surface area contributed by atoms with Crippen molar-refractivity contribution in [3.63, 3.8) is 0 Å². The van der Waals surface area contributed by atoms with Crippen LogP contribution in [0.5, 0.6) is 0 Å². The van der Waals surface area contributed by atoms with Crippen molar-refractivity contribution < 1.29 is 9.59 Å². The molecular weight excluding hydrogens is 288 g/mol. The van der Waals surface area contributed by atoms with Crippen LogP contribution in [0.3, 0.4) is 0 Å². The van der Waals surface area contributed by atoms with Gasteiger partial charge in [0.2, 0.25) is 0 Å². The fourth-order valence-corrected chi connectivity index (χ4v) is 2.21. The van der Waals surface area contributed by atoms with Gasteiger partial charge in [-0.25, -0.2) is 0 Å². The lowest BCUT2D eigenvalue weighted by Crippen LogP contribution is -2.28. The van der Waals surface area contributed by atoms with Gasteiger partial charge < -0.3 is 10.3 Å². The molecule has 0 fully saturated rings. The Morgan fingerprint density at radius 2 is 1.95 bits per heavy atom. The van der Waals surface area contributed by atoms with Gasteiger partial charge in [-0.05, 0) is 37.1 Å². The van der Waals surface area contributed by atoms with E-state index >= 15 is 0 Å². The summed E-state index contributed by atoms with van der Waals surface area (Å²) in [6, 6.07) is 8.85. The second kappa shape index (κ2) is 6.59. The Hall–Kier alpha value is -2.07. The summed E-state index contributed by atoms with van der Waals surface area (Å²) in [6.45, 7) is 3.46. The van der Waals surface area contributed by atoms with Crippen molar-refractivity contribution in [3.8, 4) is 0 Å². The smallest absolute Gasteiger partial charge is 0.268 e. The minimum absolute atomic E-state index is 0.0740. The lowest BCUT2D eigenvalue weighted by molar-refractivity contribution is 0.0931. The minimum atomic E-state index is -0.232. The zero-order chi connectivity index (χ0) is 15.4. The van der Waals surface area contributed by atoms with Crippen LogP contribution in [-0.4, -0.2) is 16.7 Å². The van der Waals surface area contributed by atoms with Crippen LogP contribution in [0.15, 0.2) is 36.5 Å². The molecule has 2 aromatic rings. The Kier molecular flexibility index (Phi) is 4.81. The molecule has 1 heterocycles. The van der Waals surface area contributed by atoms with E-state index in [4.69, 9.17) is 11.6 Å². The van der Waals surface area contributed by atoms with Gasteiger partial charge in [0.1, 0.15) is 5.69 Å². The van der Waals surface area contributed by atoms with Crippen LogP contribution >= 0.6 is 11.6 Å². The Bertz CT molecular complexity index is 647. The molecule has 0 aliphatic carbocycles. The number of ketones is 1. The average molecular weight is 305 g/mol. The average Bonchev–Trinajstić information content (AvgIpc) is 2.96. The van der Waals surface area contributed by atoms with Crippen molar-refractivity contribution in [2.24, 2.45) is 0 Å². The van der Waals surface area contributed by atoms with Crippen molar-refractivity contribution in [1.82, 2.24) is 10.3 Å². The topological polar surface area (TPSA) is 62.0 Å². The van der Waals surface area contributed by atoms with Crippen molar-refractivity contribution in [1.29, 1.82) is 0 Å². The summed E-state index contributed by atoms with van der Waals surface area (Å²) in [7, 11) is 0. The van der Waals surface area contributed by atoms with Crippen LogP contribution in [-0.2, 0) is 0 Å². The largest absolute Gasteiger partial charge is 0.356 e. The third-order valence-electron chi connectivity index (χ3n) is 3.32. The second-order valence-electron chi connectivity index (χ2n) is 4.84. The molecule has 0 saturated carbocycles. The minimum Gasteiger partial charge on any atom is -0.356 e. The van der Waals surface area contributed by atoms with E-state index in [1.54, 1.807) is 24.4 Å². The summed E-state index contributed by atoms with van der Waals surface area (Å²) >= 11 is 5.87. The highest BCUT2D eigenvalue weighted by molar-refractivity contribution is 6.30. The standard InChI is InChI=1S/C16H17ClN2O2/c1-3-14(11-4-6-13(17)7-5-11)19-16(21)15-8-12(9-18-15)10(2)20/h4-9,14,18H,3H2,1-2H3,(H,19,21). The maximum Gasteiger partial charge on any atom is 0.268 e. The van der Waals surface area contributed by atoms with E-state index in [9.17, 15) is 9.59 Å². The highest BCUT2D eigenvalue weighted by Gasteiger charge is 2.16. The number of carbonyl (C=O) groups is 2. The fourth-order valence-electron chi connectivity index (χ4n) is 2.08. The van der Waals surface area contributed by atoms with Gasteiger partial charge in [-0.15, -0.1) is 0 Å². The number of halogens is 1. The number of hydrogen-bond acceptors (Lipinski definition) is 2. The third-order valence-corrected chi connectivity index (χ3v) is 3.57. The zero-order valence-electron chi connectivity index (χ0n) is 11.9. The first-order chi connectivity index (χ1) is 10.0. The predicted octanol–water partition coefficient (Wildman–Crippen LogP) is 3.75. The number of H-pyrrole nitrogens is 1. The molecule has 0 bridgehead atoms. The van der Waals surface area contributed by atoms with Gasteiger partial charge in [-0.3, -0.25) is 9.59 Å². The number of hydrogen-bond donors (Lipinski definition) is 2. The zero-order valence-corrected chi connectivity index (χ0v) is 12.7. The van der Waals surface area contributed by atoms with Crippen LogP contribution in [0.4, 0.5) is 0 Å². The molecule has 0 saturated heterocycles. The van der Waals surface area contributed by atoms with Crippen LogP contribution in [0, 0.1) is 0 Å². The third kappa shape index (κ3) is 3.73. The molecule has 2 rings (SSSR count). The van der Waals surface area contributed by atoms with Crippen LogP contribution in [0.2, 0.25) is 5.02 Å². The number of rotatable bonds is 5. The number of carbonyl (C=O) groups excluding carboxylic acids is 2. The molecule has 5 heteroatoms. The summed E-state index contributed by atoms with van der Waals surface area (Å²) in [5, 5.41) is 3.61. The first-order valence-corrected chi connectivity index (χ1v) is 7.14. The molecule has 4 nitrogen and oxygen atoms in total. The van der Waals surface area contributed by atoms with E-state index < -0.39 is 0 Å². The molecule has 1 atom stereocenters. The summed E-state index contributed by atoms with van der Waals surface area (Å²) < 4.78 is 0. The van der Waals surface area contributed by atoms with Crippen molar-refractivity contribution in [2.45, 2.75) is 26.3 Å². The Labute approximate surface area is 128 Å². The van der Waals surface area contributed by atoms with Gasteiger partial charge in [0.15, 0.2) is 5.78 Å². The maximum absolute atomic E-state index is 12.2. The molecule has 0 aliphatic rings. The monoisotopic (exact) mass is 304 g/mol. The first kappa shape index (κ1) is 15.3. The van der Waals surface area contributed by atoms with Crippen LogP contribution < -0.4 is 5.32 Å². The number of Topliss-reactive ketones (excluding diaryl/α,β-unsaturated/α-hetero) is 1. The van der Waals surface area contributed by atoms with Crippen molar-refractivity contribution in [3.05, 3.63) is 58.4 Å². The van der Waals surface area contributed by atoms with E-state index in [1.807, 2.05) is 19.1 Å². The summed E-state index contributed by atoms with van der Waals surface area (Å²) in [6.07, 6.45) is 2.30. The highest BCUT2D eigenvalue weighted by atomic mass is 35.5. The van der Waals surface area contributed by atoms with Gasteiger partial charge in [-0.1, -0.05) is 30.7 Å². The molecule has 0 aliphatic heterocycles. The van der Waals surface area contributed by atoms with E-state index in [-0.39, 0.29) is 17.7 Å². The van der Waals surface area contributed by atoms with E-state index in [2.05, 4.69) is 10.3 Å². The Morgan fingerprint density at radius 3 is 2.48 bits per heavy atom. The number of nitrogens with one attached hydrogen (secondary N) is 2. The molecule has 1 aromatic heterocycles. The summed E-state index contributed by atoms with van der Waals surface area (Å²) in [5.74, 6) is -0.306. The van der Waals surface area contributed by atoms with E-state index in [0.717, 1.165) is 12.0 Å². The molecule has 1 unspecified atom stereocenters. The Morgan fingerprint density at radius 1 is 1.29 bits per heavy atom. The van der Waals surface area contributed by atoms with E-state index in [1.165, 1.54) is 6.92 Å². The lowest BCUT2D eigenvalue weighted by atomic mass is 10.0. The normalized spacial score (nSPS) is 12.0. The van der Waals surface area contributed by atoms with Crippen molar-refractivity contribution >= 4 is 23.3 Å². The number of benzene rings is 1. The maximum atomic E-state index is 12.2. The summed E-state index contributed by atoms with van der Waals surface area (Å²) in [4.78, 5) is 26.3. The molecular formula is C16H17ClN2O2. The molecule has 0 radical (unpaired) electrons. The van der Waals surface area contributed by atoms with Crippen LogP contribution in [0.25, 0.3) is 0 Å². The molecule has 21 heavy (non-hydrogen) atoms. The SMILES string of the molecule is CCC(NC(=O)c1cc(C(C)=O)c[nH]1)c1ccc(Cl)cc1. The van der Waals surface area contributed by atoms with Gasteiger partial charge in [0.05, 0.1) is 6.04 Å². The quantitative estimate of drug-likeness (QED) is 0.826. The predicted molar refractivity (Wildman–Crippen MR) is 82.7 cm³/mol. The summed E-state index contributed by atoms with van der Waals surface area (Å²) in [5.41, 5.74) is 1.88. The first-order valence-electron chi connectivity index (χ1n) is 6.77. The second-order valence-corrected chi connectivity index (χ2v) is 5.28. The van der Waals surface area contributed by atoms with Crippen molar-refractivity contribution in [2.75, 3.05) is 0 Å². The van der Waals surface area contributed by atoms with Gasteiger partial charge in [-0.2, -0.15) is 0 Å². The number of aromatic amines is 1. The van der Waals surface area contributed by atoms with Gasteiger partial charge in [0.25, 0.3) is 5.91 Å². The molecule has 0 spiro atoms. The van der Waals surface area contributed by atoms with Gasteiger partial charge in [0, 0.05) is 16.8 Å². The lowest BCUT2D eigenvalue weighted by Gasteiger charge is -2.17. The number of aromatic nitrogens is 1. The van der Waals surface area contributed by atoms with Crippen LogP contribution in [0.1, 0.15) is 52.7 Å². The molecule has 1 aromatic carbocycles. The molecule has 2 N–H and O–H groups in total.